The number of carbonyl (C=O) groups excluding carboxylic acids is 2. The van der Waals surface area contributed by atoms with Gasteiger partial charge >= 0.3 is 6.03 Å². The molecule has 0 saturated carbocycles. The van der Waals surface area contributed by atoms with Gasteiger partial charge in [0.25, 0.3) is 0 Å². The largest absolute Gasteiger partial charge is 0.325 e. The number of rotatable bonds is 7. The Kier molecular flexibility index (Phi) is 7.67. The van der Waals surface area contributed by atoms with Crippen molar-refractivity contribution in [3.05, 3.63) is 41.5 Å². The molecule has 0 unspecified atom stereocenters. The summed E-state index contributed by atoms with van der Waals surface area (Å²) in [4.78, 5) is 23.9. The van der Waals surface area contributed by atoms with Crippen LogP contribution >= 0.6 is 34.9 Å². The molecule has 0 saturated heterocycles. The second-order valence-electron chi connectivity index (χ2n) is 5.69. The molecule has 0 spiro atoms. The number of carbonyl (C=O) groups is 2. The minimum atomic E-state index is -0.544. The fourth-order valence-electron chi connectivity index (χ4n) is 1.90. The second-order valence-corrected chi connectivity index (χ2v) is 9.11. The highest BCUT2D eigenvalue weighted by molar-refractivity contribution is 8.03. The Morgan fingerprint density at radius 1 is 1.15 bits per heavy atom. The summed E-state index contributed by atoms with van der Waals surface area (Å²) in [6, 6.07) is 5.14. The van der Waals surface area contributed by atoms with Gasteiger partial charge in [-0.2, -0.15) is 0 Å². The standard InChI is InChI=1S/C17H20N4O2S3/c1-10(2)8-24-16-20-21-17(26-16)25-9-14(22)19-15(23)18-13-6-5-11(3)7-12(13)4/h5-7H,1,8-9H2,2-4H3,(H2,18,19,22,23). The number of amides is 3. The third kappa shape index (κ3) is 6.81. The molecule has 0 fully saturated rings. The molecule has 2 rings (SSSR count). The van der Waals surface area contributed by atoms with Gasteiger partial charge in [0.15, 0.2) is 8.68 Å². The van der Waals surface area contributed by atoms with Gasteiger partial charge < -0.3 is 5.32 Å². The highest BCUT2D eigenvalue weighted by Gasteiger charge is 2.12. The molecular weight excluding hydrogens is 388 g/mol. The van der Waals surface area contributed by atoms with Crippen LogP contribution in [0, 0.1) is 13.8 Å². The summed E-state index contributed by atoms with van der Waals surface area (Å²) in [5.41, 5.74) is 3.79. The van der Waals surface area contributed by atoms with Crippen LogP contribution in [0.1, 0.15) is 18.1 Å². The fourth-order valence-corrected chi connectivity index (χ4v) is 4.56. The number of imide groups is 1. The second kappa shape index (κ2) is 9.75. The molecule has 1 aromatic heterocycles. The van der Waals surface area contributed by atoms with E-state index in [9.17, 15) is 9.59 Å². The minimum absolute atomic E-state index is 0.0973. The zero-order valence-electron chi connectivity index (χ0n) is 14.8. The van der Waals surface area contributed by atoms with E-state index in [1.165, 1.54) is 23.1 Å². The molecule has 138 valence electrons. The molecule has 26 heavy (non-hydrogen) atoms. The first-order chi connectivity index (χ1) is 12.3. The van der Waals surface area contributed by atoms with Gasteiger partial charge in [-0.05, 0) is 32.4 Å². The van der Waals surface area contributed by atoms with Crippen molar-refractivity contribution in [1.82, 2.24) is 15.5 Å². The van der Waals surface area contributed by atoms with E-state index in [1.54, 1.807) is 11.8 Å². The van der Waals surface area contributed by atoms with Gasteiger partial charge in [0.05, 0.1) is 5.75 Å². The molecule has 9 heteroatoms. The molecule has 0 radical (unpaired) electrons. The van der Waals surface area contributed by atoms with Crippen LogP contribution in [0.4, 0.5) is 10.5 Å². The van der Waals surface area contributed by atoms with Crippen molar-refractivity contribution in [2.75, 3.05) is 16.8 Å². The molecule has 0 aliphatic rings. The topological polar surface area (TPSA) is 84.0 Å². The lowest BCUT2D eigenvalue weighted by Crippen LogP contribution is -2.35. The molecule has 2 aromatic rings. The number of urea groups is 1. The lowest BCUT2D eigenvalue weighted by Gasteiger charge is -2.09. The summed E-state index contributed by atoms with van der Waals surface area (Å²) in [5.74, 6) is 0.502. The fraction of sp³-hybridized carbons (Fsp3) is 0.294. The number of nitrogens with zero attached hydrogens (tertiary/aromatic N) is 2. The average Bonchev–Trinajstić information content (AvgIpc) is 3.01. The van der Waals surface area contributed by atoms with Crippen molar-refractivity contribution in [2.24, 2.45) is 0 Å². The molecule has 0 aliphatic heterocycles. The van der Waals surface area contributed by atoms with Crippen LogP contribution in [-0.2, 0) is 4.79 Å². The SMILES string of the molecule is C=C(C)CSc1nnc(SCC(=O)NC(=O)Nc2ccc(C)cc2C)s1. The predicted octanol–water partition coefficient (Wildman–Crippen LogP) is 4.26. The van der Waals surface area contributed by atoms with Crippen LogP contribution in [0.25, 0.3) is 0 Å². The van der Waals surface area contributed by atoms with Gasteiger partial charge in [0.2, 0.25) is 5.91 Å². The number of hydrogen-bond acceptors (Lipinski definition) is 7. The predicted molar refractivity (Wildman–Crippen MR) is 109 cm³/mol. The van der Waals surface area contributed by atoms with Crippen LogP contribution < -0.4 is 10.6 Å². The Morgan fingerprint density at radius 3 is 2.42 bits per heavy atom. The Hall–Kier alpha value is -1.84. The summed E-state index contributed by atoms with van der Waals surface area (Å²) in [6.07, 6.45) is 0. The Morgan fingerprint density at radius 2 is 1.81 bits per heavy atom. The quantitative estimate of drug-likeness (QED) is 0.526. The van der Waals surface area contributed by atoms with Crippen molar-refractivity contribution >= 4 is 52.5 Å². The summed E-state index contributed by atoms with van der Waals surface area (Å²) in [5, 5.41) is 13.1. The molecule has 0 aliphatic carbocycles. The summed E-state index contributed by atoms with van der Waals surface area (Å²) >= 11 is 4.24. The first-order valence-corrected chi connectivity index (χ1v) is 10.5. The number of aryl methyl sites for hydroxylation is 2. The maximum Gasteiger partial charge on any atom is 0.325 e. The average molecular weight is 409 g/mol. The van der Waals surface area contributed by atoms with Crippen molar-refractivity contribution in [3.8, 4) is 0 Å². The normalized spacial score (nSPS) is 10.4. The zero-order valence-corrected chi connectivity index (χ0v) is 17.2. The van der Waals surface area contributed by atoms with Crippen molar-refractivity contribution in [2.45, 2.75) is 29.5 Å². The van der Waals surface area contributed by atoms with Gasteiger partial charge in [-0.3, -0.25) is 10.1 Å². The molecule has 2 N–H and O–H groups in total. The van der Waals surface area contributed by atoms with E-state index in [0.29, 0.717) is 10.0 Å². The van der Waals surface area contributed by atoms with Crippen LogP contribution in [0.15, 0.2) is 39.0 Å². The van der Waals surface area contributed by atoms with Crippen molar-refractivity contribution < 1.29 is 9.59 Å². The third-order valence-electron chi connectivity index (χ3n) is 3.04. The van der Waals surface area contributed by atoms with E-state index in [-0.39, 0.29) is 11.7 Å². The number of anilines is 1. The van der Waals surface area contributed by atoms with Gasteiger partial charge in [-0.1, -0.05) is 64.7 Å². The zero-order chi connectivity index (χ0) is 19.1. The Balaban J connectivity index is 1.77. The molecule has 1 aromatic carbocycles. The van der Waals surface area contributed by atoms with Crippen LogP contribution in [-0.4, -0.2) is 33.6 Å². The minimum Gasteiger partial charge on any atom is -0.307 e. The maximum atomic E-state index is 11.9. The highest BCUT2D eigenvalue weighted by Crippen LogP contribution is 2.29. The van der Waals surface area contributed by atoms with Crippen LogP contribution in [0.2, 0.25) is 0 Å². The van der Waals surface area contributed by atoms with E-state index in [1.807, 2.05) is 39.0 Å². The Labute approximate surface area is 165 Å². The van der Waals surface area contributed by atoms with Crippen LogP contribution in [0.3, 0.4) is 0 Å². The van der Waals surface area contributed by atoms with E-state index in [0.717, 1.165) is 26.8 Å². The van der Waals surface area contributed by atoms with E-state index in [4.69, 9.17) is 0 Å². The van der Waals surface area contributed by atoms with Gasteiger partial charge in [0, 0.05) is 11.4 Å². The monoisotopic (exact) mass is 408 g/mol. The van der Waals surface area contributed by atoms with Crippen molar-refractivity contribution in [1.29, 1.82) is 0 Å². The lowest BCUT2D eigenvalue weighted by atomic mass is 10.1. The number of benzene rings is 1. The molecule has 3 amide bonds. The lowest BCUT2D eigenvalue weighted by molar-refractivity contribution is -0.117. The molecular formula is C17H20N4O2S3. The number of aromatic nitrogens is 2. The van der Waals surface area contributed by atoms with E-state index in [2.05, 4.69) is 27.4 Å². The smallest absolute Gasteiger partial charge is 0.307 e. The molecule has 1 heterocycles. The molecule has 6 nitrogen and oxygen atoms in total. The maximum absolute atomic E-state index is 11.9. The molecule has 0 atom stereocenters. The Bertz CT molecular complexity index is 820. The van der Waals surface area contributed by atoms with Gasteiger partial charge in [-0.25, -0.2) is 4.79 Å². The van der Waals surface area contributed by atoms with E-state index >= 15 is 0 Å². The van der Waals surface area contributed by atoms with Crippen molar-refractivity contribution in [3.63, 3.8) is 0 Å². The van der Waals surface area contributed by atoms with Gasteiger partial charge in [0.1, 0.15) is 0 Å². The summed E-state index contributed by atoms with van der Waals surface area (Å²) in [7, 11) is 0. The first-order valence-electron chi connectivity index (χ1n) is 7.75. The van der Waals surface area contributed by atoms with E-state index < -0.39 is 6.03 Å². The number of hydrogen-bond donors (Lipinski definition) is 2. The molecule has 0 bridgehead atoms. The summed E-state index contributed by atoms with van der Waals surface area (Å²) < 4.78 is 1.53. The first kappa shape index (κ1) is 20.5. The van der Waals surface area contributed by atoms with Gasteiger partial charge in [-0.15, -0.1) is 10.2 Å². The number of nitrogens with one attached hydrogen (secondary N) is 2. The summed E-state index contributed by atoms with van der Waals surface area (Å²) in [6.45, 7) is 9.68. The number of thioether (sulfide) groups is 2. The van der Waals surface area contributed by atoms with Crippen LogP contribution in [0.5, 0.6) is 0 Å². The highest BCUT2D eigenvalue weighted by atomic mass is 32.2. The third-order valence-corrected chi connectivity index (χ3v) is 6.46.